The van der Waals surface area contributed by atoms with Crippen molar-refractivity contribution in [3.63, 3.8) is 0 Å². The largest absolute Gasteiger partial charge is 0.468 e. The number of carbonyl (C=O) groups excluding carboxylic acids is 3. The highest BCUT2D eigenvalue weighted by Gasteiger charge is 2.25. The summed E-state index contributed by atoms with van der Waals surface area (Å²) in [4.78, 5) is 36.0. The van der Waals surface area contributed by atoms with Crippen LogP contribution in [0.1, 0.15) is 32.1 Å². The van der Waals surface area contributed by atoms with Gasteiger partial charge in [-0.25, -0.2) is 4.79 Å². The second-order valence-corrected chi connectivity index (χ2v) is 4.86. The first-order chi connectivity index (χ1) is 9.56. The highest BCUT2D eigenvalue weighted by Crippen LogP contribution is 2.23. The molecule has 0 aliphatic heterocycles. The minimum Gasteiger partial charge on any atom is -0.468 e. The minimum atomic E-state index is -0.518. The SMILES string of the molecule is CNC(=O)NC(=O)CCN(CC(=O)OC)C1CCCC1. The first-order valence-electron chi connectivity index (χ1n) is 6.89. The van der Waals surface area contributed by atoms with Crippen molar-refractivity contribution in [2.75, 3.05) is 27.2 Å². The second-order valence-electron chi connectivity index (χ2n) is 4.86. The van der Waals surface area contributed by atoms with E-state index in [0.29, 0.717) is 12.6 Å². The lowest BCUT2D eigenvalue weighted by Gasteiger charge is -2.27. The number of ether oxygens (including phenoxy) is 1. The van der Waals surface area contributed by atoms with E-state index >= 15 is 0 Å². The van der Waals surface area contributed by atoms with Gasteiger partial charge >= 0.3 is 12.0 Å². The fraction of sp³-hybridized carbons (Fsp3) is 0.769. The molecule has 7 heteroatoms. The molecule has 20 heavy (non-hydrogen) atoms. The van der Waals surface area contributed by atoms with Crippen LogP contribution in [0.5, 0.6) is 0 Å². The first-order valence-corrected chi connectivity index (χ1v) is 6.89. The van der Waals surface area contributed by atoms with Crippen molar-refractivity contribution in [3.8, 4) is 0 Å². The van der Waals surface area contributed by atoms with Crippen LogP contribution in [-0.2, 0) is 14.3 Å². The summed E-state index contributed by atoms with van der Waals surface area (Å²) in [6, 6.07) is -0.197. The minimum absolute atomic E-state index is 0.181. The molecule has 0 aromatic carbocycles. The zero-order valence-electron chi connectivity index (χ0n) is 12.1. The smallest absolute Gasteiger partial charge is 0.321 e. The number of hydrogen-bond acceptors (Lipinski definition) is 5. The van der Waals surface area contributed by atoms with E-state index in [9.17, 15) is 14.4 Å². The molecule has 1 saturated carbocycles. The molecule has 1 rings (SSSR count). The molecule has 0 saturated heterocycles. The van der Waals surface area contributed by atoms with Gasteiger partial charge in [-0.05, 0) is 12.8 Å². The molecule has 0 aromatic heterocycles. The van der Waals surface area contributed by atoms with Crippen molar-refractivity contribution in [3.05, 3.63) is 0 Å². The third-order valence-corrected chi connectivity index (χ3v) is 3.51. The highest BCUT2D eigenvalue weighted by molar-refractivity contribution is 5.94. The molecule has 1 fully saturated rings. The maximum Gasteiger partial charge on any atom is 0.321 e. The molecule has 0 bridgehead atoms. The van der Waals surface area contributed by atoms with E-state index in [1.165, 1.54) is 14.2 Å². The summed E-state index contributed by atoms with van der Waals surface area (Å²) in [5.74, 6) is -0.652. The van der Waals surface area contributed by atoms with Crippen LogP contribution >= 0.6 is 0 Å². The van der Waals surface area contributed by atoms with Crippen LogP contribution in [0.4, 0.5) is 4.79 Å². The standard InChI is InChI=1S/C13H23N3O4/c1-14-13(19)15-11(17)7-8-16(9-12(18)20-2)10-5-3-4-6-10/h10H,3-9H2,1-2H3,(H2,14,15,17,19). The lowest BCUT2D eigenvalue weighted by Crippen LogP contribution is -2.42. The summed E-state index contributed by atoms with van der Waals surface area (Å²) in [5, 5.41) is 4.53. The van der Waals surface area contributed by atoms with Crippen molar-refractivity contribution in [1.29, 1.82) is 0 Å². The van der Waals surface area contributed by atoms with E-state index in [-0.39, 0.29) is 24.8 Å². The quantitative estimate of drug-likeness (QED) is 0.683. The van der Waals surface area contributed by atoms with Gasteiger partial charge in [-0.3, -0.25) is 19.8 Å². The van der Waals surface area contributed by atoms with E-state index in [1.807, 2.05) is 4.90 Å². The molecule has 3 amide bonds. The monoisotopic (exact) mass is 285 g/mol. The molecule has 0 unspecified atom stereocenters. The van der Waals surface area contributed by atoms with Gasteiger partial charge in [0, 0.05) is 26.1 Å². The number of nitrogens with zero attached hydrogens (tertiary/aromatic N) is 1. The van der Waals surface area contributed by atoms with E-state index in [4.69, 9.17) is 0 Å². The fourth-order valence-electron chi connectivity index (χ4n) is 2.39. The zero-order valence-corrected chi connectivity index (χ0v) is 12.1. The average Bonchev–Trinajstić information content (AvgIpc) is 2.96. The van der Waals surface area contributed by atoms with Crippen LogP contribution in [0.2, 0.25) is 0 Å². The zero-order chi connectivity index (χ0) is 15.0. The van der Waals surface area contributed by atoms with Gasteiger partial charge in [0.25, 0.3) is 0 Å². The predicted molar refractivity (Wildman–Crippen MR) is 73.1 cm³/mol. The number of urea groups is 1. The number of carbonyl (C=O) groups is 3. The lowest BCUT2D eigenvalue weighted by molar-refractivity contribution is -0.142. The Labute approximate surface area is 119 Å². The summed E-state index contributed by atoms with van der Waals surface area (Å²) in [7, 11) is 2.80. The first kappa shape index (κ1) is 16.4. The van der Waals surface area contributed by atoms with Crippen LogP contribution in [0.3, 0.4) is 0 Å². The van der Waals surface area contributed by atoms with Gasteiger partial charge in [-0.1, -0.05) is 12.8 Å². The highest BCUT2D eigenvalue weighted by atomic mass is 16.5. The van der Waals surface area contributed by atoms with Crippen molar-refractivity contribution in [2.45, 2.75) is 38.1 Å². The molecule has 0 spiro atoms. The Kier molecular flexibility index (Phi) is 7.00. The average molecular weight is 285 g/mol. The van der Waals surface area contributed by atoms with Crippen molar-refractivity contribution in [1.82, 2.24) is 15.5 Å². The van der Waals surface area contributed by atoms with Crippen molar-refractivity contribution >= 4 is 17.9 Å². The topological polar surface area (TPSA) is 87.7 Å². The van der Waals surface area contributed by atoms with Gasteiger partial charge in [-0.2, -0.15) is 0 Å². The van der Waals surface area contributed by atoms with Crippen molar-refractivity contribution in [2.24, 2.45) is 0 Å². The van der Waals surface area contributed by atoms with Crippen LogP contribution < -0.4 is 10.6 Å². The number of nitrogens with one attached hydrogen (secondary N) is 2. The Morgan fingerprint density at radius 1 is 1.25 bits per heavy atom. The fourth-order valence-corrected chi connectivity index (χ4v) is 2.39. The third kappa shape index (κ3) is 5.56. The molecule has 1 aliphatic rings. The summed E-state index contributed by atoms with van der Waals surface area (Å²) in [6.45, 7) is 0.636. The molecule has 0 heterocycles. The molecular weight excluding hydrogens is 262 g/mol. The van der Waals surface area contributed by atoms with Crippen LogP contribution in [0, 0.1) is 0 Å². The number of imide groups is 1. The number of rotatable bonds is 6. The van der Waals surface area contributed by atoms with Crippen LogP contribution in [0.25, 0.3) is 0 Å². The van der Waals surface area contributed by atoms with E-state index in [1.54, 1.807) is 0 Å². The molecule has 114 valence electrons. The third-order valence-electron chi connectivity index (χ3n) is 3.51. The van der Waals surface area contributed by atoms with Crippen molar-refractivity contribution < 1.29 is 19.1 Å². The maximum absolute atomic E-state index is 11.6. The summed E-state index contributed by atoms with van der Waals surface area (Å²) >= 11 is 0. The van der Waals surface area contributed by atoms with Gasteiger partial charge in [0.05, 0.1) is 13.7 Å². The Morgan fingerprint density at radius 3 is 2.45 bits per heavy atom. The predicted octanol–water partition coefficient (Wildman–Crippen LogP) is 0.250. The normalized spacial score (nSPS) is 15.2. The number of amides is 3. The van der Waals surface area contributed by atoms with Gasteiger partial charge in [0.1, 0.15) is 0 Å². The molecule has 0 atom stereocenters. The van der Waals surface area contributed by atoms with E-state index < -0.39 is 6.03 Å². The van der Waals surface area contributed by atoms with Gasteiger partial charge in [0.2, 0.25) is 5.91 Å². The molecule has 2 N–H and O–H groups in total. The van der Waals surface area contributed by atoms with Gasteiger partial charge < -0.3 is 10.1 Å². The number of methoxy groups -OCH3 is 1. The van der Waals surface area contributed by atoms with Crippen LogP contribution in [0.15, 0.2) is 0 Å². The molecule has 0 radical (unpaired) electrons. The summed E-state index contributed by atoms with van der Waals surface area (Å²) in [6.07, 6.45) is 4.54. The Bertz CT molecular complexity index is 354. The Hall–Kier alpha value is -1.63. The van der Waals surface area contributed by atoms with Gasteiger partial charge in [0.15, 0.2) is 0 Å². The van der Waals surface area contributed by atoms with E-state index in [2.05, 4.69) is 15.4 Å². The maximum atomic E-state index is 11.6. The Morgan fingerprint density at radius 2 is 1.90 bits per heavy atom. The molecule has 1 aliphatic carbocycles. The second kappa shape index (κ2) is 8.52. The number of hydrogen-bond donors (Lipinski definition) is 2. The lowest BCUT2D eigenvalue weighted by atomic mass is 10.2. The van der Waals surface area contributed by atoms with E-state index in [0.717, 1.165) is 25.7 Å². The Balaban J connectivity index is 2.45. The summed E-state index contributed by atoms with van der Waals surface area (Å²) in [5.41, 5.74) is 0. The molecule has 7 nitrogen and oxygen atoms in total. The number of esters is 1. The molecule has 0 aromatic rings. The van der Waals surface area contributed by atoms with Crippen LogP contribution in [-0.4, -0.2) is 56.1 Å². The summed E-state index contributed by atoms with van der Waals surface area (Å²) < 4.78 is 4.68. The molecular formula is C13H23N3O4. The van der Waals surface area contributed by atoms with Gasteiger partial charge in [-0.15, -0.1) is 0 Å².